The van der Waals surface area contributed by atoms with Crippen molar-refractivity contribution in [2.45, 2.75) is 25.7 Å². The first-order chi connectivity index (χ1) is 7.84. The van der Waals surface area contributed by atoms with Gasteiger partial charge in [0.15, 0.2) is 0 Å². The van der Waals surface area contributed by atoms with E-state index in [1.807, 2.05) is 0 Å². The average molecular weight is 208 g/mol. The molecule has 0 heteroatoms. The summed E-state index contributed by atoms with van der Waals surface area (Å²) in [6.07, 6.45) is 18.0. The molecule has 0 spiro atoms. The van der Waals surface area contributed by atoms with Crippen LogP contribution in [0.2, 0.25) is 0 Å². The second-order valence-electron chi connectivity index (χ2n) is 4.66. The predicted molar refractivity (Wildman–Crippen MR) is 69.1 cm³/mol. The van der Waals surface area contributed by atoms with E-state index < -0.39 is 0 Å². The van der Waals surface area contributed by atoms with Crippen molar-refractivity contribution < 1.29 is 0 Å². The van der Waals surface area contributed by atoms with Crippen LogP contribution in [0.3, 0.4) is 0 Å². The molecule has 0 radical (unpaired) electrons. The van der Waals surface area contributed by atoms with Crippen molar-refractivity contribution in [2.24, 2.45) is 0 Å². The van der Waals surface area contributed by atoms with Crippen LogP contribution in [0.15, 0.2) is 70.9 Å². The third-order valence-electron chi connectivity index (χ3n) is 3.66. The van der Waals surface area contributed by atoms with E-state index in [9.17, 15) is 0 Å². The van der Waals surface area contributed by atoms with E-state index in [4.69, 9.17) is 0 Å². The van der Waals surface area contributed by atoms with Gasteiger partial charge in [0.1, 0.15) is 0 Å². The summed E-state index contributed by atoms with van der Waals surface area (Å²) >= 11 is 0. The van der Waals surface area contributed by atoms with Crippen LogP contribution in [-0.2, 0) is 0 Å². The molecule has 0 atom stereocenters. The maximum atomic E-state index is 4.01. The van der Waals surface area contributed by atoms with Crippen molar-refractivity contribution in [3.05, 3.63) is 70.9 Å². The van der Waals surface area contributed by atoms with E-state index in [2.05, 4.69) is 43.0 Å². The fourth-order valence-electron chi connectivity index (χ4n) is 2.77. The molecule has 0 amide bonds. The van der Waals surface area contributed by atoms with Crippen molar-refractivity contribution in [2.75, 3.05) is 0 Å². The maximum absolute atomic E-state index is 4.01. The first-order valence-corrected chi connectivity index (χ1v) is 6.01. The van der Waals surface area contributed by atoms with Crippen LogP contribution in [0, 0.1) is 0 Å². The zero-order chi connectivity index (χ0) is 11.0. The van der Waals surface area contributed by atoms with Crippen LogP contribution >= 0.6 is 0 Å². The lowest BCUT2D eigenvalue weighted by Gasteiger charge is -2.29. The number of rotatable bonds is 0. The second kappa shape index (κ2) is 3.79. The average Bonchev–Trinajstić information content (AvgIpc) is 2.42. The molecule has 1 saturated carbocycles. The van der Waals surface area contributed by atoms with E-state index in [0.29, 0.717) is 0 Å². The van der Waals surface area contributed by atoms with Crippen LogP contribution < -0.4 is 0 Å². The van der Waals surface area contributed by atoms with Gasteiger partial charge in [-0.1, -0.05) is 54.2 Å². The van der Waals surface area contributed by atoms with Crippen LogP contribution in [0.25, 0.3) is 0 Å². The standard InChI is InChI=1S/C16H16/c1-12-4-2-3-5-15-13-7-9-14(10-8-13)16(15)11-6-12/h2-6,11H,1,7-10H2/b4-2?,5-3-,11-6-. The Bertz CT molecular complexity index is 478. The van der Waals surface area contributed by atoms with Gasteiger partial charge in [0.2, 0.25) is 0 Å². The molecule has 80 valence electrons. The predicted octanol–water partition coefficient (Wildman–Crippen LogP) is 4.41. The summed E-state index contributed by atoms with van der Waals surface area (Å²) in [7, 11) is 0. The van der Waals surface area contributed by atoms with Gasteiger partial charge in [-0.15, -0.1) is 0 Å². The summed E-state index contributed by atoms with van der Waals surface area (Å²) < 4.78 is 0. The molecule has 2 bridgehead atoms. The Morgan fingerprint density at radius 1 is 0.688 bits per heavy atom. The third-order valence-corrected chi connectivity index (χ3v) is 3.66. The van der Waals surface area contributed by atoms with E-state index in [1.54, 1.807) is 11.1 Å². The second-order valence-corrected chi connectivity index (χ2v) is 4.66. The Hall–Kier alpha value is -1.56. The molecule has 0 N–H and O–H groups in total. The van der Waals surface area contributed by atoms with Gasteiger partial charge in [-0.3, -0.25) is 0 Å². The minimum absolute atomic E-state index is 1.07. The molecule has 0 saturated heterocycles. The number of hydrogen-bond acceptors (Lipinski definition) is 0. The summed E-state index contributed by atoms with van der Waals surface area (Å²) in [4.78, 5) is 0. The Kier molecular flexibility index (Phi) is 2.28. The Labute approximate surface area is 97.1 Å². The van der Waals surface area contributed by atoms with Gasteiger partial charge in [0, 0.05) is 0 Å². The molecule has 0 nitrogen and oxygen atoms in total. The zero-order valence-electron chi connectivity index (χ0n) is 9.50. The van der Waals surface area contributed by atoms with Crippen molar-refractivity contribution in [3.63, 3.8) is 0 Å². The van der Waals surface area contributed by atoms with Gasteiger partial charge in [-0.05, 0) is 42.4 Å². The molecule has 0 unspecified atom stereocenters. The molecule has 0 aromatic rings. The van der Waals surface area contributed by atoms with Crippen LogP contribution in [-0.4, -0.2) is 0 Å². The van der Waals surface area contributed by atoms with Crippen LogP contribution in [0.5, 0.6) is 0 Å². The maximum Gasteiger partial charge on any atom is -0.0192 e. The van der Waals surface area contributed by atoms with Gasteiger partial charge in [0.05, 0.1) is 0 Å². The molecule has 4 rings (SSSR count). The fraction of sp³-hybridized carbons (Fsp3) is 0.250. The van der Waals surface area contributed by atoms with E-state index in [0.717, 1.165) is 5.57 Å². The summed E-state index contributed by atoms with van der Waals surface area (Å²) in [6, 6.07) is 0. The highest BCUT2D eigenvalue weighted by Crippen LogP contribution is 2.42. The van der Waals surface area contributed by atoms with Crippen molar-refractivity contribution in [1.29, 1.82) is 0 Å². The molecular formula is C16H16. The minimum Gasteiger partial charge on any atom is -0.0918 e. The molecule has 0 heterocycles. The normalized spacial score (nSPS) is 27.4. The van der Waals surface area contributed by atoms with Gasteiger partial charge in [0.25, 0.3) is 0 Å². The molecule has 4 aliphatic carbocycles. The Morgan fingerprint density at radius 3 is 1.94 bits per heavy atom. The highest BCUT2D eigenvalue weighted by Gasteiger charge is 2.23. The molecule has 0 aromatic carbocycles. The molecule has 4 aliphatic rings. The Morgan fingerprint density at radius 2 is 1.25 bits per heavy atom. The highest BCUT2D eigenvalue weighted by atomic mass is 14.3. The smallest absolute Gasteiger partial charge is 0.0192 e. The zero-order valence-corrected chi connectivity index (χ0v) is 9.50. The molecule has 1 fully saturated rings. The van der Waals surface area contributed by atoms with Crippen LogP contribution in [0.1, 0.15) is 25.7 Å². The lowest BCUT2D eigenvalue weighted by Crippen LogP contribution is -2.10. The van der Waals surface area contributed by atoms with Gasteiger partial charge >= 0.3 is 0 Å². The van der Waals surface area contributed by atoms with E-state index >= 15 is 0 Å². The Balaban J connectivity index is 2.14. The first kappa shape index (κ1) is 9.65. The van der Waals surface area contributed by atoms with Crippen molar-refractivity contribution in [1.82, 2.24) is 0 Å². The fourth-order valence-corrected chi connectivity index (χ4v) is 2.77. The van der Waals surface area contributed by atoms with Crippen molar-refractivity contribution in [3.8, 4) is 0 Å². The lowest BCUT2D eigenvalue weighted by molar-refractivity contribution is 0.695. The monoisotopic (exact) mass is 208 g/mol. The molecule has 16 heavy (non-hydrogen) atoms. The van der Waals surface area contributed by atoms with Gasteiger partial charge < -0.3 is 0 Å². The molecule has 0 aromatic heterocycles. The molecule has 0 aliphatic heterocycles. The summed E-state index contributed by atoms with van der Waals surface area (Å²) in [6.45, 7) is 4.01. The SMILES string of the molecule is C=C1C=C/C=C\C2=C3CCC(=C2/C=C\1)CC3. The largest absolute Gasteiger partial charge is 0.0918 e. The lowest BCUT2D eigenvalue weighted by atomic mass is 9.76. The van der Waals surface area contributed by atoms with Gasteiger partial charge in [-0.2, -0.15) is 0 Å². The minimum atomic E-state index is 1.07. The number of hydrogen-bond donors (Lipinski definition) is 0. The first-order valence-electron chi connectivity index (χ1n) is 6.01. The topological polar surface area (TPSA) is 0 Å². The van der Waals surface area contributed by atoms with Gasteiger partial charge in [-0.25, -0.2) is 0 Å². The third kappa shape index (κ3) is 1.55. The summed E-state index contributed by atoms with van der Waals surface area (Å²) in [5.41, 5.74) is 7.30. The summed E-state index contributed by atoms with van der Waals surface area (Å²) in [5, 5.41) is 0. The van der Waals surface area contributed by atoms with E-state index in [-0.39, 0.29) is 0 Å². The van der Waals surface area contributed by atoms with Crippen molar-refractivity contribution >= 4 is 0 Å². The van der Waals surface area contributed by atoms with Crippen LogP contribution in [0.4, 0.5) is 0 Å². The quantitative estimate of drug-likeness (QED) is 0.553. The molecular weight excluding hydrogens is 192 g/mol. The van der Waals surface area contributed by atoms with E-state index in [1.165, 1.54) is 36.8 Å². The summed E-state index contributed by atoms with van der Waals surface area (Å²) in [5.74, 6) is 0. The number of allylic oxidation sites excluding steroid dienone is 11. The highest BCUT2D eigenvalue weighted by molar-refractivity contribution is 5.58. The number of fused-ring (bicyclic) bond motifs is 2.